The number of fused-ring (bicyclic) bond motifs is 3. The van der Waals surface area contributed by atoms with Crippen LogP contribution in [0, 0.1) is 29.1 Å². The number of ether oxygens (including phenoxy) is 2. The second-order valence-corrected chi connectivity index (χ2v) is 9.65. The molecule has 0 saturated heterocycles. The predicted molar refractivity (Wildman–Crippen MR) is 144 cm³/mol. The van der Waals surface area contributed by atoms with Crippen molar-refractivity contribution in [3.63, 3.8) is 0 Å². The third kappa shape index (κ3) is 5.13. The van der Waals surface area contributed by atoms with Gasteiger partial charge in [0.1, 0.15) is 6.61 Å². The number of nitrogens with two attached hydrogens (primary N) is 2. The van der Waals surface area contributed by atoms with Crippen molar-refractivity contribution in [3.05, 3.63) is 112 Å². The van der Waals surface area contributed by atoms with E-state index in [-0.39, 0.29) is 42.3 Å². The molecular weight excluding hydrogens is 559 g/mol. The van der Waals surface area contributed by atoms with Crippen molar-refractivity contribution in [1.82, 2.24) is 0 Å². The molecule has 0 atom stereocenters. The van der Waals surface area contributed by atoms with Crippen molar-refractivity contribution < 1.29 is 41.0 Å². The average molecular weight is 583 g/mol. The van der Waals surface area contributed by atoms with E-state index in [2.05, 4.69) is 4.74 Å². The minimum atomic E-state index is -2.37. The molecule has 4 aromatic rings. The molecule has 0 amide bonds. The molecule has 4 aromatic carbocycles. The number of esters is 2. The van der Waals surface area contributed by atoms with Gasteiger partial charge in [0.15, 0.2) is 0 Å². The zero-order valence-corrected chi connectivity index (χ0v) is 21.9. The van der Waals surface area contributed by atoms with Crippen molar-refractivity contribution in [3.8, 4) is 16.9 Å². The van der Waals surface area contributed by atoms with E-state index in [1.807, 2.05) is 48.5 Å². The van der Waals surface area contributed by atoms with E-state index in [1.165, 1.54) is 12.1 Å². The van der Waals surface area contributed by atoms with Crippen LogP contribution >= 0.6 is 0 Å². The zero-order chi connectivity index (χ0) is 30.1. The van der Waals surface area contributed by atoms with E-state index in [9.17, 15) is 31.5 Å². The maximum atomic E-state index is 13.8. The van der Waals surface area contributed by atoms with E-state index in [1.54, 1.807) is 0 Å². The first-order valence-electron chi connectivity index (χ1n) is 12.8. The Hall–Kier alpha value is -4.93. The number of hydrogen-bond donors (Lipinski definition) is 2. The van der Waals surface area contributed by atoms with Crippen LogP contribution in [0.25, 0.3) is 11.1 Å². The quantitative estimate of drug-likeness (QED) is 0.0619. The van der Waals surface area contributed by atoms with Crippen LogP contribution in [-0.4, -0.2) is 18.5 Å². The number of nitrogen functional groups attached to an aromatic ring is 2. The summed E-state index contributed by atoms with van der Waals surface area (Å²) in [5.41, 5.74) is 16.7. The molecule has 5 rings (SSSR count). The molecule has 1 aliphatic rings. The highest BCUT2D eigenvalue weighted by molar-refractivity contribution is 5.99. The third-order valence-corrected chi connectivity index (χ3v) is 7.13. The van der Waals surface area contributed by atoms with Gasteiger partial charge in [0.05, 0.1) is 16.9 Å². The number of carbonyl (C=O) groups is 2. The van der Waals surface area contributed by atoms with E-state index in [4.69, 9.17) is 16.2 Å². The summed E-state index contributed by atoms with van der Waals surface area (Å²) in [6.07, 6.45) is -0.453. The van der Waals surface area contributed by atoms with Gasteiger partial charge in [-0.2, -0.15) is 8.78 Å². The number of halogens is 5. The molecule has 0 fully saturated rings. The van der Waals surface area contributed by atoms with E-state index < -0.39 is 53.2 Å². The number of anilines is 2. The Morgan fingerprint density at radius 2 is 1.29 bits per heavy atom. The minimum absolute atomic E-state index is 0.00250. The predicted octanol–water partition coefficient (Wildman–Crippen LogP) is 6.44. The summed E-state index contributed by atoms with van der Waals surface area (Å²) < 4.78 is 77.9. The lowest BCUT2D eigenvalue weighted by Crippen LogP contribution is -2.17. The highest BCUT2D eigenvalue weighted by Gasteiger charge is 2.31. The summed E-state index contributed by atoms with van der Waals surface area (Å²) in [4.78, 5) is 25.5. The number of benzene rings is 4. The van der Waals surface area contributed by atoms with Crippen molar-refractivity contribution in [2.75, 3.05) is 18.1 Å². The minimum Gasteiger partial charge on any atom is -0.461 e. The van der Waals surface area contributed by atoms with Crippen LogP contribution in [0.4, 0.5) is 33.3 Å². The molecule has 4 N–H and O–H groups in total. The first-order chi connectivity index (χ1) is 20.1. The molecule has 6 nitrogen and oxygen atoms in total. The summed E-state index contributed by atoms with van der Waals surface area (Å²) in [5, 5.41) is 0. The Balaban J connectivity index is 1.28. The summed E-state index contributed by atoms with van der Waals surface area (Å²) >= 11 is 0. The van der Waals surface area contributed by atoms with Crippen molar-refractivity contribution >= 4 is 23.3 Å². The first-order valence-corrected chi connectivity index (χ1v) is 12.8. The molecule has 11 heteroatoms. The zero-order valence-electron chi connectivity index (χ0n) is 21.9. The van der Waals surface area contributed by atoms with E-state index in [0.717, 1.165) is 22.3 Å². The second kappa shape index (κ2) is 11.5. The normalized spacial score (nSPS) is 12.1. The van der Waals surface area contributed by atoms with Crippen LogP contribution in [-0.2, 0) is 16.0 Å². The van der Waals surface area contributed by atoms with E-state index >= 15 is 0 Å². The van der Waals surface area contributed by atoms with Crippen LogP contribution < -0.4 is 16.2 Å². The number of aryl methyl sites for hydroxylation is 1. The van der Waals surface area contributed by atoms with Gasteiger partial charge in [0, 0.05) is 12.3 Å². The Morgan fingerprint density at radius 1 is 0.738 bits per heavy atom. The first kappa shape index (κ1) is 28.6. The van der Waals surface area contributed by atoms with Gasteiger partial charge in [-0.25, -0.2) is 18.0 Å². The standard InChI is InChI=1S/C31H23F5N2O4/c32-24-25(33)27(35)30(28(36)26(24)34)42-22(39)11-5-6-15-12-13-21(37)29(38)23(15)31(40)41-14-20-18-9-3-1-7-16(18)17-8-2-4-10-19(17)20/h1-4,7-10,12-13,20H,5-6,11,14,37-38H2. The lowest BCUT2D eigenvalue weighted by Gasteiger charge is -2.17. The van der Waals surface area contributed by atoms with Crippen molar-refractivity contribution in [2.45, 2.75) is 25.2 Å². The molecule has 0 bridgehead atoms. The fraction of sp³-hybridized carbons (Fsp3) is 0.161. The van der Waals surface area contributed by atoms with Crippen LogP contribution in [0.3, 0.4) is 0 Å². The molecular formula is C31H23F5N2O4. The summed E-state index contributed by atoms with van der Waals surface area (Å²) in [6.45, 7) is 0.0226. The fourth-order valence-corrected chi connectivity index (χ4v) is 5.06. The van der Waals surface area contributed by atoms with E-state index in [0.29, 0.717) is 5.56 Å². The Bertz CT molecular complexity index is 1650. The summed E-state index contributed by atoms with van der Waals surface area (Å²) in [6, 6.07) is 18.6. The van der Waals surface area contributed by atoms with Crippen LogP contribution in [0.15, 0.2) is 60.7 Å². The van der Waals surface area contributed by atoms with Crippen LogP contribution in [0.2, 0.25) is 0 Å². The second-order valence-electron chi connectivity index (χ2n) is 9.65. The van der Waals surface area contributed by atoms with Crippen LogP contribution in [0.5, 0.6) is 5.75 Å². The van der Waals surface area contributed by atoms with Gasteiger partial charge in [-0.05, 0) is 46.7 Å². The number of rotatable bonds is 8. The molecule has 0 spiro atoms. The molecule has 0 heterocycles. The SMILES string of the molecule is Nc1ccc(CCCC(=O)Oc2c(F)c(F)c(F)c(F)c2F)c(C(=O)OCC2c3ccccc3-c3ccccc32)c1N. The largest absolute Gasteiger partial charge is 0.461 e. The van der Waals surface area contributed by atoms with Crippen LogP contribution in [0.1, 0.15) is 45.8 Å². The molecule has 216 valence electrons. The summed E-state index contributed by atoms with van der Waals surface area (Å²) in [7, 11) is 0. The smallest absolute Gasteiger partial charge is 0.340 e. The van der Waals surface area contributed by atoms with Gasteiger partial charge in [-0.1, -0.05) is 54.6 Å². The van der Waals surface area contributed by atoms with Gasteiger partial charge in [0.25, 0.3) is 0 Å². The topological polar surface area (TPSA) is 105 Å². The highest BCUT2D eigenvalue weighted by atomic mass is 19.2. The van der Waals surface area contributed by atoms with Gasteiger partial charge in [-0.3, -0.25) is 4.79 Å². The van der Waals surface area contributed by atoms with Gasteiger partial charge < -0.3 is 20.9 Å². The Kier molecular flexibility index (Phi) is 7.84. The molecule has 1 aliphatic carbocycles. The number of carbonyl (C=O) groups excluding carboxylic acids is 2. The Morgan fingerprint density at radius 3 is 1.88 bits per heavy atom. The molecule has 42 heavy (non-hydrogen) atoms. The monoisotopic (exact) mass is 582 g/mol. The maximum Gasteiger partial charge on any atom is 0.340 e. The van der Waals surface area contributed by atoms with Gasteiger partial charge in [0.2, 0.25) is 34.8 Å². The van der Waals surface area contributed by atoms with Crippen molar-refractivity contribution in [1.29, 1.82) is 0 Å². The maximum absolute atomic E-state index is 13.8. The molecule has 0 unspecified atom stereocenters. The molecule has 0 radical (unpaired) electrons. The lowest BCUT2D eigenvalue weighted by atomic mass is 9.97. The summed E-state index contributed by atoms with van der Waals surface area (Å²) in [5.74, 6) is -15.2. The highest BCUT2D eigenvalue weighted by Crippen LogP contribution is 2.44. The number of hydrogen-bond acceptors (Lipinski definition) is 6. The van der Waals surface area contributed by atoms with Gasteiger partial charge >= 0.3 is 11.9 Å². The average Bonchev–Trinajstić information content (AvgIpc) is 3.31. The Labute approximate surface area is 236 Å². The third-order valence-electron chi connectivity index (χ3n) is 7.13. The lowest BCUT2D eigenvalue weighted by molar-refractivity contribution is -0.134. The van der Waals surface area contributed by atoms with Gasteiger partial charge in [-0.15, -0.1) is 0 Å². The fourth-order valence-electron chi connectivity index (χ4n) is 5.06. The molecule has 0 aliphatic heterocycles. The van der Waals surface area contributed by atoms with Crippen molar-refractivity contribution in [2.24, 2.45) is 0 Å². The molecule has 0 aromatic heterocycles. The molecule has 0 saturated carbocycles.